The molecule has 290 valence electrons. The van der Waals surface area contributed by atoms with Gasteiger partial charge in [-0.1, -0.05) is 71.8 Å². The van der Waals surface area contributed by atoms with Crippen molar-refractivity contribution in [3.63, 3.8) is 0 Å². The van der Waals surface area contributed by atoms with Crippen LogP contribution in [0.25, 0.3) is 0 Å². The van der Waals surface area contributed by atoms with Crippen molar-refractivity contribution in [1.82, 2.24) is 5.01 Å². The normalized spacial score (nSPS) is 25.1. The van der Waals surface area contributed by atoms with E-state index in [4.69, 9.17) is 0 Å². The highest BCUT2D eigenvalue weighted by Crippen LogP contribution is 2.64. The molecule has 2 heterocycles. The summed E-state index contributed by atoms with van der Waals surface area (Å²) in [7, 11) is 3.94. The number of carbonyl (C=O) groups excluding carboxylic acids is 4. The van der Waals surface area contributed by atoms with Crippen LogP contribution in [0.2, 0.25) is 0 Å². The standard InChI is InChI=1S/C47H42N6O5/c1-28-9-13-33(14-10-28)50-53-44(56)40-27-39-37(42(29-11-23-36(54)24-12-29)47(40,46(53)58)30-7-5-4-6-8-30)25-26-38-41(39)45(57)52(43(38)55)35-21-17-32(18-22-35)49-48-31-15-19-34(20-16-31)51(2)3/h4-25,38-42,50,54H,26-27H2,1-3H3/t38-,39+,40-,41-,42-,47+/m0/s1. The molecule has 0 bridgehead atoms. The molecule has 2 aliphatic heterocycles. The summed E-state index contributed by atoms with van der Waals surface area (Å²) in [6.45, 7) is 1.96. The minimum absolute atomic E-state index is 0.0639. The zero-order valence-electron chi connectivity index (χ0n) is 32.3. The van der Waals surface area contributed by atoms with Gasteiger partial charge >= 0.3 is 0 Å². The van der Waals surface area contributed by atoms with Gasteiger partial charge in [0.15, 0.2) is 0 Å². The number of aromatic hydroxyl groups is 1. The third-order valence-corrected chi connectivity index (χ3v) is 12.4. The zero-order valence-corrected chi connectivity index (χ0v) is 32.3. The van der Waals surface area contributed by atoms with Crippen LogP contribution in [-0.2, 0) is 24.6 Å². The lowest BCUT2D eigenvalue weighted by Crippen LogP contribution is -2.53. The minimum Gasteiger partial charge on any atom is -0.508 e. The maximum atomic E-state index is 15.3. The van der Waals surface area contributed by atoms with Crippen molar-refractivity contribution in [2.45, 2.75) is 31.1 Å². The molecule has 11 nitrogen and oxygen atoms in total. The van der Waals surface area contributed by atoms with Crippen molar-refractivity contribution in [1.29, 1.82) is 0 Å². The number of phenolic OH excluding ortho intramolecular Hbond substituents is 1. The molecule has 0 spiro atoms. The Morgan fingerprint density at radius 3 is 2.00 bits per heavy atom. The Bertz CT molecular complexity index is 2480. The third-order valence-electron chi connectivity index (χ3n) is 12.4. The highest BCUT2D eigenvalue weighted by Gasteiger charge is 2.70. The van der Waals surface area contributed by atoms with Crippen molar-refractivity contribution in [3.8, 4) is 5.75 Å². The smallest absolute Gasteiger partial charge is 0.260 e. The number of carbonyl (C=O) groups is 4. The monoisotopic (exact) mass is 770 g/mol. The van der Waals surface area contributed by atoms with E-state index < -0.39 is 46.8 Å². The van der Waals surface area contributed by atoms with Crippen LogP contribution in [0.5, 0.6) is 5.75 Å². The number of amides is 4. The quantitative estimate of drug-likeness (QED) is 0.0920. The SMILES string of the molecule is Cc1ccc(NN2C(=O)[C@@H]3C[C@@H]4C(=CC[C@@H]5C(=O)N(c6ccc(N=Nc7ccc(N(C)C)cc7)cc6)C(=O)[C@@H]54)[C@H](c4ccc(O)cc4)[C@]3(c3ccccc3)C2=O)cc1. The van der Waals surface area contributed by atoms with E-state index in [1.165, 1.54) is 4.90 Å². The number of phenols is 1. The van der Waals surface area contributed by atoms with Crippen LogP contribution in [-0.4, -0.2) is 47.8 Å². The summed E-state index contributed by atoms with van der Waals surface area (Å²) in [5.74, 6) is -4.79. The average molecular weight is 771 g/mol. The number of nitrogens with one attached hydrogen (secondary N) is 1. The fraction of sp³-hybridized carbons (Fsp3) is 0.234. The van der Waals surface area contributed by atoms with Crippen molar-refractivity contribution in [2.24, 2.45) is 33.9 Å². The van der Waals surface area contributed by atoms with Gasteiger partial charge in [-0.15, -0.1) is 0 Å². The van der Waals surface area contributed by atoms with E-state index in [0.29, 0.717) is 34.7 Å². The van der Waals surface area contributed by atoms with E-state index in [1.807, 2.05) is 111 Å². The van der Waals surface area contributed by atoms with Crippen molar-refractivity contribution in [2.75, 3.05) is 29.3 Å². The fourth-order valence-electron chi connectivity index (χ4n) is 9.64. The summed E-state index contributed by atoms with van der Waals surface area (Å²) in [5, 5.41) is 20.2. The molecule has 0 aromatic heterocycles. The highest BCUT2D eigenvalue weighted by molar-refractivity contribution is 6.22. The van der Waals surface area contributed by atoms with E-state index in [-0.39, 0.29) is 24.0 Å². The van der Waals surface area contributed by atoms with Crippen LogP contribution in [0.1, 0.15) is 35.4 Å². The molecular weight excluding hydrogens is 729 g/mol. The number of hydrogen-bond acceptors (Lipinski definition) is 9. The number of azo groups is 1. The number of anilines is 3. The second-order valence-electron chi connectivity index (χ2n) is 15.8. The highest BCUT2D eigenvalue weighted by atomic mass is 16.3. The first kappa shape index (κ1) is 36.7. The molecule has 2 saturated heterocycles. The van der Waals surface area contributed by atoms with Gasteiger partial charge in [-0.25, -0.2) is 0 Å². The average Bonchev–Trinajstić information content (AvgIpc) is 3.62. The Labute approximate surface area is 336 Å². The van der Waals surface area contributed by atoms with Gasteiger partial charge in [-0.2, -0.15) is 15.2 Å². The Balaban J connectivity index is 1.08. The largest absolute Gasteiger partial charge is 0.508 e. The summed E-state index contributed by atoms with van der Waals surface area (Å²) in [5.41, 5.74) is 8.37. The third kappa shape index (κ3) is 5.88. The van der Waals surface area contributed by atoms with Gasteiger partial charge in [0.25, 0.3) is 11.8 Å². The van der Waals surface area contributed by atoms with Crippen LogP contribution in [0, 0.1) is 30.6 Å². The molecule has 5 aromatic carbocycles. The molecule has 2 N–H and O–H groups in total. The Morgan fingerprint density at radius 2 is 1.36 bits per heavy atom. The van der Waals surface area contributed by atoms with E-state index in [0.717, 1.165) is 27.4 Å². The topological polar surface area (TPSA) is 135 Å². The summed E-state index contributed by atoms with van der Waals surface area (Å²) in [6.07, 6.45) is 2.52. The molecule has 9 rings (SSSR count). The lowest BCUT2D eigenvalue weighted by atomic mass is 9.49. The van der Waals surface area contributed by atoms with Crippen molar-refractivity contribution in [3.05, 3.63) is 156 Å². The van der Waals surface area contributed by atoms with Crippen LogP contribution < -0.4 is 15.2 Å². The van der Waals surface area contributed by atoms with E-state index >= 15 is 4.79 Å². The molecule has 2 aliphatic carbocycles. The van der Waals surface area contributed by atoms with Crippen LogP contribution >= 0.6 is 0 Å². The van der Waals surface area contributed by atoms with Gasteiger partial charge in [-0.05, 0) is 110 Å². The first-order chi connectivity index (χ1) is 28.1. The molecule has 1 saturated carbocycles. The van der Waals surface area contributed by atoms with Crippen LogP contribution in [0.15, 0.2) is 149 Å². The number of hydrazine groups is 1. The molecule has 0 radical (unpaired) electrons. The molecule has 4 aliphatic rings. The van der Waals surface area contributed by atoms with E-state index in [2.05, 4.69) is 15.7 Å². The number of fused-ring (bicyclic) bond motifs is 4. The zero-order chi connectivity index (χ0) is 40.3. The van der Waals surface area contributed by atoms with E-state index in [1.54, 1.807) is 48.5 Å². The van der Waals surface area contributed by atoms with Gasteiger partial charge < -0.3 is 10.0 Å². The Hall–Kier alpha value is -6.88. The first-order valence-electron chi connectivity index (χ1n) is 19.5. The number of allylic oxidation sites excluding steroid dienone is 2. The summed E-state index contributed by atoms with van der Waals surface area (Å²) in [4.78, 5) is 62.4. The lowest BCUT2D eigenvalue weighted by Gasteiger charge is -2.50. The van der Waals surface area contributed by atoms with Crippen molar-refractivity contribution >= 4 is 52.1 Å². The predicted molar refractivity (Wildman–Crippen MR) is 221 cm³/mol. The Morgan fingerprint density at radius 1 is 0.724 bits per heavy atom. The van der Waals surface area contributed by atoms with Gasteiger partial charge in [0, 0.05) is 25.7 Å². The lowest BCUT2D eigenvalue weighted by molar-refractivity contribution is -0.138. The maximum Gasteiger partial charge on any atom is 0.260 e. The van der Waals surface area contributed by atoms with E-state index in [9.17, 15) is 19.5 Å². The number of nitrogens with zero attached hydrogens (tertiary/aromatic N) is 5. The number of rotatable bonds is 8. The molecule has 11 heteroatoms. The minimum atomic E-state index is -1.38. The van der Waals surface area contributed by atoms with Crippen LogP contribution in [0.3, 0.4) is 0 Å². The molecule has 4 amide bonds. The number of hydrogen-bond donors (Lipinski definition) is 2. The second-order valence-corrected chi connectivity index (χ2v) is 15.8. The molecule has 6 atom stereocenters. The maximum absolute atomic E-state index is 15.3. The summed E-state index contributed by atoms with van der Waals surface area (Å²) < 4.78 is 0. The van der Waals surface area contributed by atoms with Gasteiger partial charge in [-0.3, -0.25) is 29.5 Å². The molecule has 3 fully saturated rings. The second kappa shape index (κ2) is 14.3. The molecule has 58 heavy (non-hydrogen) atoms. The van der Waals surface area contributed by atoms with Crippen LogP contribution in [0.4, 0.5) is 28.4 Å². The Kier molecular flexibility index (Phi) is 9.03. The molecular formula is C47H42N6O5. The van der Waals surface area contributed by atoms with Gasteiger partial charge in [0.05, 0.1) is 45.9 Å². The predicted octanol–water partition coefficient (Wildman–Crippen LogP) is 8.37. The summed E-state index contributed by atoms with van der Waals surface area (Å²) >= 11 is 0. The summed E-state index contributed by atoms with van der Waals surface area (Å²) in [6, 6.07) is 38.2. The first-order valence-corrected chi connectivity index (χ1v) is 19.5. The van der Waals surface area contributed by atoms with Crippen molar-refractivity contribution < 1.29 is 24.3 Å². The number of imide groups is 2. The molecule has 5 aromatic rings. The number of aryl methyl sites for hydroxylation is 1. The number of benzene rings is 5. The fourth-order valence-corrected chi connectivity index (χ4v) is 9.64. The van der Waals surface area contributed by atoms with Gasteiger partial charge in [0.1, 0.15) is 5.75 Å². The van der Waals surface area contributed by atoms with Gasteiger partial charge in [0.2, 0.25) is 11.8 Å². The molecule has 0 unspecified atom stereocenters.